The lowest BCUT2D eigenvalue weighted by molar-refractivity contribution is 0.483. The maximum Gasteiger partial charge on any atom is 0.148 e. The molecule has 6 aromatic carbocycles. The summed E-state index contributed by atoms with van der Waals surface area (Å²) in [6.07, 6.45) is 0. The highest BCUT2D eigenvalue weighted by Crippen LogP contribution is 2.35. The molecule has 0 bridgehead atoms. The second kappa shape index (κ2) is 10.9. The molecule has 0 aliphatic carbocycles. The van der Waals surface area contributed by atoms with Crippen LogP contribution < -0.4 is 4.74 Å². The van der Waals surface area contributed by atoms with Crippen molar-refractivity contribution in [2.24, 2.45) is 0 Å². The highest BCUT2D eigenvalue weighted by atomic mass is 32.1. The lowest BCUT2D eigenvalue weighted by atomic mass is 10.1. The van der Waals surface area contributed by atoms with Crippen LogP contribution in [0.5, 0.6) is 11.5 Å². The van der Waals surface area contributed by atoms with E-state index >= 15 is 0 Å². The van der Waals surface area contributed by atoms with E-state index in [1.165, 1.54) is 21.5 Å². The molecule has 0 radical (unpaired) electrons. The van der Waals surface area contributed by atoms with Crippen molar-refractivity contribution in [1.82, 2.24) is 20.4 Å². The molecular weight excluding hydrogens is 569 g/mol. The molecule has 0 aliphatic heterocycles. The fourth-order valence-corrected chi connectivity index (χ4v) is 6.72. The summed E-state index contributed by atoms with van der Waals surface area (Å²) in [5.74, 6) is 1.51. The Morgan fingerprint density at radius 3 is 1.12 bits per heavy atom. The smallest absolute Gasteiger partial charge is 0.148 e. The number of benzene rings is 6. The van der Waals surface area contributed by atoms with Gasteiger partial charge in [0.15, 0.2) is 0 Å². The van der Waals surface area contributed by atoms with Crippen molar-refractivity contribution < 1.29 is 4.74 Å². The van der Waals surface area contributed by atoms with E-state index in [0.29, 0.717) is 0 Å². The molecule has 0 N–H and O–H groups in total. The molecule has 0 spiro atoms. The molecule has 0 aliphatic rings. The first kappa shape index (κ1) is 25.5. The average molecular weight is 591 g/mol. The van der Waals surface area contributed by atoms with Crippen molar-refractivity contribution in [3.05, 3.63) is 133 Å². The third-order valence-corrected chi connectivity index (χ3v) is 9.32. The summed E-state index contributed by atoms with van der Waals surface area (Å²) in [6, 6.07) is 45.4. The van der Waals surface area contributed by atoms with E-state index < -0.39 is 0 Å². The van der Waals surface area contributed by atoms with Crippen molar-refractivity contribution in [3.8, 4) is 53.8 Å². The predicted octanol–water partition coefficient (Wildman–Crippen LogP) is 10.2. The Hall–Kier alpha value is -5.24. The monoisotopic (exact) mass is 590 g/mol. The Balaban J connectivity index is 0.950. The van der Waals surface area contributed by atoms with Gasteiger partial charge in [-0.05, 0) is 82.2 Å². The van der Waals surface area contributed by atoms with Gasteiger partial charge in [0.05, 0.1) is 0 Å². The highest BCUT2D eigenvalue weighted by molar-refractivity contribution is 7.18. The predicted molar refractivity (Wildman–Crippen MR) is 177 cm³/mol. The maximum absolute atomic E-state index is 6.13. The normalized spacial score (nSPS) is 11.3. The molecule has 0 amide bonds. The number of nitrogens with zero attached hydrogens (tertiary/aromatic N) is 4. The minimum atomic E-state index is 0.755. The highest BCUT2D eigenvalue weighted by Gasteiger charge is 2.12. The number of ether oxygens (including phenoxy) is 1. The molecule has 8 aromatic rings. The first-order valence-corrected chi connectivity index (χ1v) is 15.4. The Morgan fingerprint density at radius 1 is 0.349 bits per heavy atom. The first-order valence-electron chi connectivity index (χ1n) is 13.8. The van der Waals surface area contributed by atoms with E-state index in [0.717, 1.165) is 53.8 Å². The van der Waals surface area contributed by atoms with Crippen LogP contribution in [0.15, 0.2) is 133 Å². The molecule has 0 saturated heterocycles. The summed E-state index contributed by atoms with van der Waals surface area (Å²) in [5.41, 5.74) is 4.16. The van der Waals surface area contributed by atoms with Crippen LogP contribution in [0.1, 0.15) is 0 Å². The van der Waals surface area contributed by atoms with Crippen LogP contribution in [0.2, 0.25) is 0 Å². The zero-order valence-electron chi connectivity index (χ0n) is 22.7. The van der Waals surface area contributed by atoms with E-state index in [1.807, 2.05) is 48.5 Å². The van der Waals surface area contributed by atoms with Gasteiger partial charge in [0.25, 0.3) is 0 Å². The van der Waals surface area contributed by atoms with Gasteiger partial charge in [0.2, 0.25) is 0 Å². The van der Waals surface area contributed by atoms with Crippen LogP contribution in [0.3, 0.4) is 0 Å². The molecule has 0 saturated carbocycles. The van der Waals surface area contributed by atoms with Crippen LogP contribution in [0.4, 0.5) is 0 Å². The van der Waals surface area contributed by atoms with Crippen molar-refractivity contribution in [2.75, 3.05) is 0 Å². The molecule has 0 unspecified atom stereocenters. The quantitative estimate of drug-likeness (QED) is 0.193. The Morgan fingerprint density at radius 2 is 0.698 bits per heavy atom. The van der Waals surface area contributed by atoms with Gasteiger partial charge in [0.1, 0.15) is 31.5 Å². The summed E-state index contributed by atoms with van der Waals surface area (Å²) in [5, 5.41) is 26.2. The van der Waals surface area contributed by atoms with Crippen LogP contribution in [-0.4, -0.2) is 20.4 Å². The standard InChI is InChI=1S/C36H22N4OS2/c1-3-7-27-21-29(11-9-23(27)5-1)35-39-37-33(42-35)25-13-17-31(18-14-25)41-32-19-15-26(16-20-32)34-38-40-36(43-34)30-12-10-24-6-2-4-8-28(24)22-30/h1-22H. The maximum atomic E-state index is 6.13. The zero-order valence-corrected chi connectivity index (χ0v) is 24.3. The van der Waals surface area contributed by atoms with Crippen molar-refractivity contribution in [1.29, 1.82) is 0 Å². The number of hydrogen-bond donors (Lipinski definition) is 0. The van der Waals surface area contributed by atoms with Crippen LogP contribution in [0.25, 0.3) is 63.8 Å². The largest absolute Gasteiger partial charge is 0.457 e. The number of hydrogen-bond acceptors (Lipinski definition) is 7. The fraction of sp³-hybridized carbons (Fsp3) is 0. The lowest BCUT2D eigenvalue weighted by Gasteiger charge is -2.06. The summed E-state index contributed by atoms with van der Waals surface area (Å²) >= 11 is 3.17. The van der Waals surface area contributed by atoms with Gasteiger partial charge in [-0.1, -0.05) is 95.5 Å². The number of fused-ring (bicyclic) bond motifs is 2. The van der Waals surface area contributed by atoms with Crippen molar-refractivity contribution >= 4 is 44.2 Å². The average Bonchev–Trinajstić information content (AvgIpc) is 3.77. The summed E-state index contributed by atoms with van der Waals surface area (Å²) < 4.78 is 6.13. The minimum absolute atomic E-state index is 0.755. The van der Waals surface area contributed by atoms with Gasteiger partial charge >= 0.3 is 0 Å². The number of rotatable bonds is 6. The van der Waals surface area contributed by atoms with Crippen LogP contribution in [0, 0.1) is 0 Å². The van der Waals surface area contributed by atoms with E-state index in [-0.39, 0.29) is 0 Å². The minimum Gasteiger partial charge on any atom is -0.457 e. The third-order valence-electron chi connectivity index (χ3n) is 7.28. The third kappa shape index (κ3) is 5.16. The zero-order chi connectivity index (χ0) is 28.6. The van der Waals surface area contributed by atoms with E-state index in [9.17, 15) is 0 Å². The van der Waals surface area contributed by atoms with E-state index in [1.54, 1.807) is 22.7 Å². The van der Waals surface area contributed by atoms with Gasteiger partial charge in [-0.2, -0.15) is 0 Å². The van der Waals surface area contributed by atoms with E-state index in [4.69, 9.17) is 4.74 Å². The molecule has 204 valence electrons. The molecule has 5 nitrogen and oxygen atoms in total. The molecule has 0 fully saturated rings. The van der Waals surface area contributed by atoms with Crippen molar-refractivity contribution in [3.63, 3.8) is 0 Å². The van der Waals surface area contributed by atoms with Gasteiger partial charge in [0, 0.05) is 22.3 Å². The molecule has 8 rings (SSSR count). The van der Waals surface area contributed by atoms with Gasteiger partial charge in [-0.15, -0.1) is 20.4 Å². The lowest BCUT2D eigenvalue weighted by Crippen LogP contribution is -1.85. The summed E-state index contributed by atoms with van der Waals surface area (Å²) in [6.45, 7) is 0. The van der Waals surface area contributed by atoms with Crippen LogP contribution in [-0.2, 0) is 0 Å². The van der Waals surface area contributed by atoms with Gasteiger partial charge in [-0.25, -0.2) is 0 Å². The molecule has 0 atom stereocenters. The van der Waals surface area contributed by atoms with Crippen molar-refractivity contribution in [2.45, 2.75) is 0 Å². The summed E-state index contributed by atoms with van der Waals surface area (Å²) in [4.78, 5) is 0. The molecule has 2 aromatic heterocycles. The van der Waals surface area contributed by atoms with E-state index in [2.05, 4.69) is 105 Å². The second-order valence-electron chi connectivity index (χ2n) is 10.1. The van der Waals surface area contributed by atoms with Crippen LogP contribution >= 0.6 is 22.7 Å². The molecule has 7 heteroatoms. The molecule has 2 heterocycles. The molecular formula is C36H22N4OS2. The van der Waals surface area contributed by atoms with Gasteiger partial charge < -0.3 is 4.74 Å². The second-order valence-corrected chi connectivity index (χ2v) is 12.1. The van der Waals surface area contributed by atoms with Gasteiger partial charge in [-0.3, -0.25) is 0 Å². The molecule has 43 heavy (non-hydrogen) atoms. The Labute approximate surface area is 255 Å². The summed E-state index contributed by atoms with van der Waals surface area (Å²) in [7, 11) is 0. The number of aromatic nitrogens is 4. The Bertz CT molecular complexity index is 2060. The first-order chi connectivity index (χ1) is 21.2. The Kier molecular flexibility index (Phi) is 6.44. The fourth-order valence-electron chi connectivity index (χ4n) is 5.02. The SMILES string of the molecule is c1ccc2cc(-c3nnc(-c4ccc(Oc5ccc(-c6nnc(-c7ccc8ccccc8c7)s6)cc5)cc4)s3)ccc2c1. The topological polar surface area (TPSA) is 60.8 Å².